The van der Waals surface area contributed by atoms with Gasteiger partial charge >= 0.3 is 0 Å². The number of hydrogen-bond acceptors (Lipinski definition) is 3. The number of anilines is 1. The van der Waals surface area contributed by atoms with E-state index in [9.17, 15) is 4.79 Å². The van der Waals surface area contributed by atoms with E-state index in [1.54, 1.807) is 9.58 Å². The first-order chi connectivity index (χ1) is 7.11. The van der Waals surface area contributed by atoms with Crippen LogP contribution in [0.2, 0.25) is 0 Å². The summed E-state index contributed by atoms with van der Waals surface area (Å²) in [6.07, 6.45) is 1.35. The molecule has 5 nitrogen and oxygen atoms in total. The Morgan fingerprint density at radius 2 is 2.33 bits per heavy atom. The molecule has 1 fully saturated rings. The van der Waals surface area contributed by atoms with Crippen LogP contribution in [-0.2, 0) is 18.3 Å². The third-order valence-electron chi connectivity index (χ3n) is 2.48. The van der Waals surface area contributed by atoms with Crippen LogP contribution in [-0.4, -0.2) is 32.0 Å². The predicted molar refractivity (Wildman–Crippen MR) is 60.1 cm³/mol. The standard InChI is InChI=1S/C9H13BrN4O/c1-3-7-11-9(12-13(7)2)14-5-6(10)4-8(14)15/h6H,3-5H2,1-2H3. The molecule has 0 aromatic carbocycles. The van der Waals surface area contributed by atoms with E-state index in [2.05, 4.69) is 26.0 Å². The molecule has 2 rings (SSSR count). The molecule has 0 N–H and O–H groups in total. The van der Waals surface area contributed by atoms with E-state index >= 15 is 0 Å². The molecule has 0 saturated carbocycles. The fourth-order valence-electron chi connectivity index (χ4n) is 1.68. The van der Waals surface area contributed by atoms with Crippen molar-refractivity contribution in [1.82, 2.24) is 14.8 Å². The Morgan fingerprint density at radius 3 is 2.80 bits per heavy atom. The Morgan fingerprint density at radius 1 is 1.60 bits per heavy atom. The highest BCUT2D eigenvalue weighted by Crippen LogP contribution is 2.22. The minimum atomic E-state index is 0.0881. The van der Waals surface area contributed by atoms with Gasteiger partial charge in [0.2, 0.25) is 5.91 Å². The second kappa shape index (κ2) is 3.92. The third kappa shape index (κ3) is 1.90. The first-order valence-electron chi connectivity index (χ1n) is 4.96. The molecule has 0 radical (unpaired) electrons. The van der Waals surface area contributed by atoms with Crippen molar-refractivity contribution in [3.63, 3.8) is 0 Å². The number of carbonyl (C=O) groups is 1. The van der Waals surface area contributed by atoms with Gasteiger partial charge in [0.25, 0.3) is 5.95 Å². The van der Waals surface area contributed by atoms with Gasteiger partial charge in [-0.15, -0.1) is 5.10 Å². The molecule has 1 aliphatic rings. The lowest BCUT2D eigenvalue weighted by Gasteiger charge is -2.09. The van der Waals surface area contributed by atoms with Crippen molar-refractivity contribution < 1.29 is 4.79 Å². The Balaban J connectivity index is 2.26. The quantitative estimate of drug-likeness (QED) is 0.751. The molecule has 6 heteroatoms. The Bertz CT molecular complexity index is 389. The van der Waals surface area contributed by atoms with Gasteiger partial charge < -0.3 is 0 Å². The minimum absolute atomic E-state index is 0.0881. The van der Waals surface area contributed by atoms with Gasteiger partial charge in [-0.25, -0.2) is 0 Å². The molecular formula is C9H13BrN4O. The highest BCUT2D eigenvalue weighted by Gasteiger charge is 2.31. The molecule has 0 spiro atoms. The van der Waals surface area contributed by atoms with Crippen LogP contribution in [0.25, 0.3) is 0 Å². The summed E-state index contributed by atoms with van der Waals surface area (Å²) in [5.41, 5.74) is 0. The third-order valence-corrected chi connectivity index (χ3v) is 3.09. The summed E-state index contributed by atoms with van der Waals surface area (Å²) in [6, 6.07) is 0. The van der Waals surface area contributed by atoms with Crippen LogP contribution in [0.15, 0.2) is 0 Å². The lowest BCUT2D eigenvalue weighted by Crippen LogP contribution is -2.25. The van der Waals surface area contributed by atoms with E-state index in [-0.39, 0.29) is 10.7 Å². The maximum Gasteiger partial charge on any atom is 0.251 e. The van der Waals surface area contributed by atoms with Crippen molar-refractivity contribution in [3.05, 3.63) is 5.82 Å². The molecule has 1 aromatic rings. The second-order valence-electron chi connectivity index (χ2n) is 3.61. The smallest absolute Gasteiger partial charge is 0.251 e. The van der Waals surface area contributed by atoms with Crippen molar-refractivity contribution in [2.24, 2.45) is 7.05 Å². The molecule has 1 unspecified atom stereocenters. The van der Waals surface area contributed by atoms with Gasteiger partial charge in [-0.3, -0.25) is 14.4 Å². The Labute approximate surface area is 96.6 Å². The number of amides is 1. The van der Waals surface area contributed by atoms with E-state index in [1.165, 1.54) is 0 Å². The van der Waals surface area contributed by atoms with E-state index in [0.717, 1.165) is 12.2 Å². The number of nitrogens with zero attached hydrogens (tertiary/aromatic N) is 4. The number of rotatable bonds is 2. The van der Waals surface area contributed by atoms with E-state index in [0.29, 0.717) is 18.9 Å². The van der Waals surface area contributed by atoms with Crippen LogP contribution < -0.4 is 4.90 Å². The molecule has 15 heavy (non-hydrogen) atoms. The SMILES string of the molecule is CCc1nc(N2CC(Br)CC2=O)nn1C. The van der Waals surface area contributed by atoms with Crippen LogP contribution in [0, 0.1) is 0 Å². The minimum Gasteiger partial charge on any atom is -0.278 e. The Kier molecular flexibility index (Phi) is 2.77. The summed E-state index contributed by atoms with van der Waals surface area (Å²) in [5, 5.41) is 4.24. The van der Waals surface area contributed by atoms with Gasteiger partial charge in [-0.1, -0.05) is 22.9 Å². The summed E-state index contributed by atoms with van der Waals surface area (Å²) in [6.45, 7) is 2.68. The van der Waals surface area contributed by atoms with Gasteiger partial charge in [0, 0.05) is 31.3 Å². The van der Waals surface area contributed by atoms with E-state index in [4.69, 9.17) is 0 Å². The van der Waals surface area contributed by atoms with Gasteiger partial charge in [0.05, 0.1) is 0 Å². The zero-order valence-corrected chi connectivity index (χ0v) is 10.4. The molecule has 2 heterocycles. The normalized spacial score (nSPS) is 21.4. The lowest BCUT2D eigenvalue weighted by atomic mass is 10.4. The molecule has 1 atom stereocenters. The molecule has 1 amide bonds. The summed E-state index contributed by atoms with van der Waals surface area (Å²) in [5.74, 6) is 1.52. The molecule has 0 aliphatic carbocycles. The summed E-state index contributed by atoms with van der Waals surface area (Å²) in [4.78, 5) is 17.8. The predicted octanol–water partition coefficient (Wildman–Crippen LogP) is 0.878. The highest BCUT2D eigenvalue weighted by atomic mass is 79.9. The van der Waals surface area contributed by atoms with E-state index < -0.39 is 0 Å². The average Bonchev–Trinajstić information content (AvgIpc) is 2.69. The lowest BCUT2D eigenvalue weighted by molar-refractivity contribution is -0.117. The summed E-state index contributed by atoms with van der Waals surface area (Å²) < 4.78 is 1.73. The Hall–Kier alpha value is -0.910. The largest absolute Gasteiger partial charge is 0.278 e. The summed E-state index contributed by atoms with van der Waals surface area (Å²) in [7, 11) is 1.85. The number of carbonyl (C=O) groups excluding carboxylic acids is 1. The van der Waals surface area contributed by atoms with Gasteiger partial charge in [0.1, 0.15) is 5.82 Å². The maximum absolute atomic E-state index is 11.6. The maximum atomic E-state index is 11.6. The molecular weight excluding hydrogens is 260 g/mol. The van der Waals surface area contributed by atoms with Gasteiger partial charge in [-0.05, 0) is 0 Å². The molecule has 0 bridgehead atoms. The average molecular weight is 273 g/mol. The van der Waals surface area contributed by atoms with Crippen LogP contribution in [0.1, 0.15) is 19.2 Å². The number of aromatic nitrogens is 3. The number of halogens is 1. The molecule has 82 valence electrons. The molecule has 1 aliphatic heterocycles. The van der Waals surface area contributed by atoms with Crippen molar-refractivity contribution >= 4 is 27.8 Å². The zero-order chi connectivity index (χ0) is 11.0. The van der Waals surface area contributed by atoms with Crippen molar-refractivity contribution in [3.8, 4) is 0 Å². The van der Waals surface area contributed by atoms with Crippen molar-refractivity contribution in [1.29, 1.82) is 0 Å². The van der Waals surface area contributed by atoms with Crippen LogP contribution in [0.3, 0.4) is 0 Å². The first kappa shape index (κ1) is 10.6. The van der Waals surface area contributed by atoms with Crippen LogP contribution in [0.4, 0.5) is 5.95 Å². The van der Waals surface area contributed by atoms with Crippen molar-refractivity contribution in [2.75, 3.05) is 11.4 Å². The molecule has 1 saturated heterocycles. The summed E-state index contributed by atoms with van der Waals surface area (Å²) >= 11 is 3.43. The van der Waals surface area contributed by atoms with Crippen LogP contribution >= 0.6 is 15.9 Å². The first-order valence-corrected chi connectivity index (χ1v) is 5.87. The highest BCUT2D eigenvalue weighted by molar-refractivity contribution is 9.09. The van der Waals surface area contributed by atoms with Crippen molar-refractivity contribution in [2.45, 2.75) is 24.6 Å². The van der Waals surface area contributed by atoms with Gasteiger partial charge in [0.15, 0.2) is 0 Å². The van der Waals surface area contributed by atoms with Crippen LogP contribution in [0.5, 0.6) is 0 Å². The number of aryl methyl sites for hydroxylation is 2. The fourth-order valence-corrected chi connectivity index (χ4v) is 2.25. The van der Waals surface area contributed by atoms with E-state index in [1.807, 2.05) is 14.0 Å². The monoisotopic (exact) mass is 272 g/mol. The number of alkyl halides is 1. The van der Waals surface area contributed by atoms with Gasteiger partial charge in [-0.2, -0.15) is 4.98 Å². The zero-order valence-electron chi connectivity index (χ0n) is 8.77. The second-order valence-corrected chi connectivity index (χ2v) is 4.91. The fraction of sp³-hybridized carbons (Fsp3) is 0.667. The topological polar surface area (TPSA) is 51.0 Å². The molecule has 1 aromatic heterocycles. The number of hydrogen-bond donors (Lipinski definition) is 0.